The number of carbonyl (C=O) groups is 3. The molecule has 2 aromatic rings. The Balaban J connectivity index is 1.13. The Labute approximate surface area is 187 Å². The zero-order chi connectivity index (χ0) is 22.5. The minimum absolute atomic E-state index is 0.135. The van der Waals surface area contributed by atoms with Crippen molar-refractivity contribution in [3.05, 3.63) is 71.0 Å². The molecule has 0 radical (unpaired) electrons. The van der Waals surface area contributed by atoms with Crippen molar-refractivity contribution < 1.29 is 18.8 Å². The van der Waals surface area contributed by atoms with Crippen molar-refractivity contribution in [3.63, 3.8) is 0 Å². The number of nitrogens with zero attached hydrogens (tertiary/aromatic N) is 3. The molecule has 0 aliphatic carbocycles. The predicted molar refractivity (Wildman–Crippen MR) is 119 cm³/mol. The summed E-state index contributed by atoms with van der Waals surface area (Å²) in [4.78, 5) is 42.6. The first-order valence-electron chi connectivity index (χ1n) is 11.2. The molecule has 0 atom stereocenters. The summed E-state index contributed by atoms with van der Waals surface area (Å²) in [6.45, 7) is 3.73. The summed E-state index contributed by atoms with van der Waals surface area (Å²) in [7, 11) is 0. The van der Waals surface area contributed by atoms with Crippen molar-refractivity contribution >= 4 is 17.7 Å². The summed E-state index contributed by atoms with van der Waals surface area (Å²) >= 11 is 0. The average molecular weight is 438 g/mol. The van der Waals surface area contributed by atoms with Crippen LogP contribution in [0, 0.1) is 5.82 Å². The fourth-order valence-corrected chi connectivity index (χ4v) is 4.35. The first-order chi connectivity index (χ1) is 15.5. The summed E-state index contributed by atoms with van der Waals surface area (Å²) in [6, 6.07) is 13.7. The number of carbonyl (C=O) groups excluding carboxylic acids is 3. The lowest BCUT2D eigenvalue weighted by atomic mass is 10.1. The molecule has 0 unspecified atom stereocenters. The molecule has 0 spiro atoms. The second-order valence-corrected chi connectivity index (χ2v) is 8.37. The summed E-state index contributed by atoms with van der Waals surface area (Å²) in [5.74, 6) is -0.506. The molecule has 168 valence electrons. The second kappa shape index (κ2) is 10.0. The van der Waals surface area contributed by atoms with Gasteiger partial charge in [-0.25, -0.2) is 4.39 Å². The Bertz CT molecular complexity index is 966. The van der Waals surface area contributed by atoms with E-state index in [1.165, 1.54) is 11.0 Å². The maximum atomic E-state index is 13.8. The van der Waals surface area contributed by atoms with Crippen molar-refractivity contribution in [3.8, 4) is 0 Å². The Morgan fingerprint density at radius 3 is 2.09 bits per heavy atom. The third-order valence-corrected chi connectivity index (χ3v) is 6.23. The minimum Gasteiger partial charge on any atom is -0.340 e. The van der Waals surface area contributed by atoms with E-state index >= 15 is 0 Å². The quantitative estimate of drug-likeness (QED) is 0.470. The van der Waals surface area contributed by atoms with Gasteiger partial charge in [-0.2, -0.15) is 0 Å². The minimum atomic E-state index is -0.227. The molecule has 0 saturated carbocycles. The Morgan fingerprint density at radius 1 is 0.812 bits per heavy atom. The number of piperazine rings is 1. The molecule has 2 heterocycles. The molecular formula is C25H28FN3O3. The fraction of sp³-hybridized carbons (Fsp3) is 0.400. The molecule has 4 rings (SSSR count). The van der Waals surface area contributed by atoms with E-state index < -0.39 is 0 Å². The van der Waals surface area contributed by atoms with Crippen LogP contribution in [0.2, 0.25) is 0 Å². The number of hydrogen-bond acceptors (Lipinski definition) is 4. The van der Waals surface area contributed by atoms with E-state index in [9.17, 15) is 18.8 Å². The van der Waals surface area contributed by atoms with Crippen LogP contribution in [0.15, 0.2) is 48.5 Å². The molecule has 0 aromatic heterocycles. The largest absolute Gasteiger partial charge is 0.340 e. The normalized spacial score (nSPS) is 16.5. The van der Waals surface area contributed by atoms with Gasteiger partial charge in [-0.15, -0.1) is 0 Å². The topological polar surface area (TPSA) is 60.9 Å². The summed E-state index contributed by atoms with van der Waals surface area (Å²) in [5.41, 5.74) is 1.63. The van der Waals surface area contributed by atoms with Crippen LogP contribution in [-0.2, 0) is 11.3 Å². The molecule has 6 nitrogen and oxygen atoms in total. The van der Waals surface area contributed by atoms with Crippen LogP contribution in [-0.4, -0.2) is 65.1 Å². The van der Waals surface area contributed by atoms with Gasteiger partial charge in [0, 0.05) is 51.3 Å². The smallest absolute Gasteiger partial charge is 0.261 e. The Hall–Kier alpha value is -3.06. The zero-order valence-corrected chi connectivity index (χ0v) is 18.1. The Morgan fingerprint density at radius 2 is 1.44 bits per heavy atom. The van der Waals surface area contributed by atoms with Gasteiger partial charge in [-0.3, -0.25) is 24.2 Å². The fourth-order valence-electron chi connectivity index (χ4n) is 4.35. The van der Waals surface area contributed by atoms with Crippen molar-refractivity contribution in [2.24, 2.45) is 0 Å². The van der Waals surface area contributed by atoms with Gasteiger partial charge in [0.1, 0.15) is 5.82 Å². The van der Waals surface area contributed by atoms with Crippen LogP contribution in [0.3, 0.4) is 0 Å². The van der Waals surface area contributed by atoms with E-state index in [-0.39, 0.29) is 23.5 Å². The van der Waals surface area contributed by atoms with E-state index in [2.05, 4.69) is 4.90 Å². The average Bonchev–Trinajstić information content (AvgIpc) is 3.05. The number of fused-ring (bicyclic) bond motifs is 1. The van der Waals surface area contributed by atoms with Crippen LogP contribution in [0.1, 0.15) is 52.0 Å². The zero-order valence-electron chi connectivity index (χ0n) is 18.1. The van der Waals surface area contributed by atoms with Crippen LogP contribution >= 0.6 is 0 Å². The lowest BCUT2D eigenvalue weighted by Gasteiger charge is -2.35. The number of benzene rings is 2. The highest BCUT2D eigenvalue weighted by Crippen LogP contribution is 2.23. The molecule has 2 aliphatic rings. The first kappa shape index (κ1) is 22.1. The van der Waals surface area contributed by atoms with Gasteiger partial charge in [-0.1, -0.05) is 36.8 Å². The molecule has 7 heteroatoms. The molecule has 0 N–H and O–H groups in total. The Kier molecular flexibility index (Phi) is 6.95. The molecule has 0 bridgehead atoms. The number of halogens is 1. The summed E-state index contributed by atoms with van der Waals surface area (Å²) < 4.78 is 13.8. The third kappa shape index (κ3) is 4.88. The number of unbranched alkanes of at least 4 members (excludes halogenated alkanes) is 2. The van der Waals surface area contributed by atoms with Crippen molar-refractivity contribution in [1.29, 1.82) is 0 Å². The number of amides is 3. The van der Waals surface area contributed by atoms with Gasteiger partial charge in [0.15, 0.2) is 0 Å². The van der Waals surface area contributed by atoms with Gasteiger partial charge in [0.25, 0.3) is 11.8 Å². The van der Waals surface area contributed by atoms with E-state index in [4.69, 9.17) is 0 Å². The SMILES string of the molecule is O=C(CCCCCN1C(=O)c2ccccc2C1=O)N1CCN(Cc2ccccc2F)CC1. The maximum absolute atomic E-state index is 13.8. The van der Waals surface area contributed by atoms with Gasteiger partial charge >= 0.3 is 0 Å². The number of rotatable bonds is 8. The third-order valence-electron chi connectivity index (χ3n) is 6.23. The van der Waals surface area contributed by atoms with Crippen LogP contribution in [0.25, 0.3) is 0 Å². The van der Waals surface area contributed by atoms with Crippen molar-refractivity contribution in [2.45, 2.75) is 32.2 Å². The summed E-state index contributed by atoms with van der Waals surface area (Å²) in [6.07, 6.45) is 2.68. The van der Waals surface area contributed by atoms with Gasteiger partial charge in [0.05, 0.1) is 11.1 Å². The molecule has 1 fully saturated rings. The van der Waals surface area contributed by atoms with E-state index in [0.29, 0.717) is 55.7 Å². The van der Waals surface area contributed by atoms with E-state index in [1.54, 1.807) is 36.4 Å². The van der Waals surface area contributed by atoms with Gasteiger partial charge in [-0.05, 0) is 31.0 Å². The van der Waals surface area contributed by atoms with Crippen LogP contribution in [0.5, 0.6) is 0 Å². The number of hydrogen-bond donors (Lipinski definition) is 0. The predicted octanol–water partition coefficient (Wildman–Crippen LogP) is 3.33. The maximum Gasteiger partial charge on any atom is 0.261 e. The van der Waals surface area contributed by atoms with Crippen LogP contribution in [0.4, 0.5) is 4.39 Å². The van der Waals surface area contributed by atoms with E-state index in [1.807, 2.05) is 11.0 Å². The monoisotopic (exact) mass is 437 g/mol. The molecule has 2 aromatic carbocycles. The second-order valence-electron chi connectivity index (χ2n) is 8.37. The highest BCUT2D eigenvalue weighted by atomic mass is 19.1. The molecule has 32 heavy (non-hydrogen) atoms. The standard InChI is InChI=1S/C25H28FN3O3/c26-22-11-6-3-8-19(22)18-27-14-16-28(17-15-27)23(30)12-2-1-7-13-29-24(31)20-9-4-5-10-21(20)25(29)32/h3-6,8-11H,1-2,7,12-18H2. The van der Waals surface area contributed by atoms with Gasteiger partial charge in [0.2, 0.25) is 5.91 Å². The first-order valence-corrected chi connectivity index (χ1v) is 11.2. The van der Waals surface area contributed by atoms with Crippen molar-refractivity contribution in [1.82, 2.24) is 14.7 Å². The highest BCUT2D eigenvalue weighted by Gasteiger charge is 2.34. The highest BCUT2D eigenvalue weighted by molar-refractivity contribution is 6.21. The molecular weight excluding hydrogens is 409 g/mol. The molecule has 2 aliphatic heterocycles. The molecule has 3 amide bonds. The molecule has 1 saturated heterocycles. The lowest BCUT2D eigenvalue weighted by Crippen LogP contribution is -2.48. The van der Waals surface area contributed by atoms with E-state index in [0.717, 1.165) is 25.9 Å². The van der Waals surface area contributed by atoms with Crippen LogP contribution < -0.4 is 0 Å². The van der Waals surface area contributed by atoms with Gasteiger partial charge < -0.3 is 4.90 Å². The lowest BCUT2D eigenvalue weighted by molar-refractivity contribution is -0.133. The summed E-state index contributed by atoms with van der Waals surface area (Å²) in [5, 5.41) is 0. The van der Waals surface area contributed by atoms with Crippen molar-refractivity contribution in [2.75, 3.05) is 32.7 Å². The number of imide groups is 1.